The maximum Gasteiger partial charge on any atom is 0.343 e. The van der Waals surface area contributed by atoms with E-state index in [4.69, 9.17) is 38.9 Å². The number of ether oxygens (including phenoxy) is 7. The number of carbonyl (C=O) groups excluding carboxylic acids is 1. The minimum absolute atomic E-state index is 0.0454. The van der Waals surface area contributed by atoms with Crippen LogP contribution in [-0.4, -0.2) is 41.0 Å². The molecule has 0 aromatic heterocycles. The maximum atomic E-state index is 13.0. The Morgan fingerprint density at radius 3 is 2.21 bits per heavy atom. The Morgan fingerprint density at radius 1 is 0.923 bits per heavy atom. The van der Waals surface area contributed by atoms with Crippen molar-refractivity contribution in [3.63, 3.8) is 0 Å². The second kappa shape index (κ2) is 11.6. The Morgan fingerprint density at radius 2 is 1.62 bits per heavy atom. The SMILES string of the molecule is CCOc1ccc(C2C(C#N)=C(N)Oc3cc(OC(=O)c4cc(OC)c(OC)c(OC)c4)ccc32)cc1OC. The van der Waals surface area contributed by atoms with Crippen LogP contribution in [0.1, 0.15) is 34.3 Å². The molecular formula is C29H28N2O8. The summed E-state index contributed by atoms with van der Waals surface area (Å²) < 4.78 is 38.5. The molecule has 0 spiro atoms. The van der Waals surface area contributed by atoms with Crippen LogP contribution in [0.3, 0.4) is 0 Å². The van der Waals surface area contributed by atoms with E-state index in [9.17, 15) is 10.1 Å². The summed E-state index contributed by atoms with van der Waals surface area (Å²) in [6.07, 6.45) is 0. The zero-order valence-electron chi connectivity index (χ0n) is 22.2. The number of esters is 1. The second-order valence-electron chi connectivity index (χ2n) is 8.27. The number of nitrogens with two attached hydrogens (primary N) is 1. The third-order valence-electron chi connectivity index (χ3n) is 6.12. The molecule has 10 nitrogen and oxygen atoms in total. The van der Waals surface area contributed by atoms with Crippen LogP contribution >= 0.6 is 0 Å². The fraction of sp³-hybridized carbons (Fsp3) is 0.241. The molecule has 0 bridgehead atoms. The van der Waals surface area contributed by atoms with E-state index in [1.54, 1.807) is 37.4 Å². The molecule has 1 unspecified atom stereocenters. The molecule has 10 heteroatoms. The molecule has 1 aliphatic rings. The molecule has 0 saturated carbocycles. The van der Waals surface area contributed by atoms with Crippen LogP contribution in [0.5, 0.6) is 40.2 Å². The average Bonchev–Trinajstić information content (AvgIpc) is 2.95. The highest BCUT2D eigenvalue weighted by Gasteiger charge is 2.32. The number of hydrogen-bond acceptors (Lipinski definition) is 10. The van der Waals surface area contributed by atoms with Gasteiger partial charge >= 0.3 is 5.97 Å². The van der Waals surface area contributed by atoms with Crippen molar-refractivity contribution in [1.82, 2.24) is 0 Å². The second-order valence-corrected chi connectivity index (χ2v) is 8.27. The van der Waals surface area contributed by atoms with Crippen molar-refractivity contribution in [2.75, 3.05) is 35.0 Å². The van der Waals surface area contributed by atoms with Gasteiger partial charge in [-0.1, -0.05) is 12.1 Å². The smallest absolute Gasteiger partial charge is 0.343 e. The summed E-state index contributed by atoms with van der Waals surface area (Å²) in [4.78, 5) is 13.0. The lowest BCUT2D eigenvalue weighted by Crippen LogP contribution is -2.21. The number of fused-ring (bicyclic) bond motifs is 1. The van der Waals surface area contributed by atoms with Crippen LogP contribution in [-0.2, 0) is 0 Å². The van der Waals surface area contributed by atoms with Gasteiger partial charge in [-0.3, -0.25) is 0 Å². The molecule has 39 heavy (non-hydrogen) atoms. The van der Waals surface area contributed by atoms with Gasteiger partial charge in [0.05, 0.1) is 46.5 Å². The van der Waals surface area contributed by atoms with E-state index in [1.807, 2.05) is 13.0 Å². The molecule has 202 valence electrons. The van der Waals surface area contributed by atoms with Crippen molar-refractivity contribution in [3.8, 4) is 46.3 Å². The van der Waals surface area contributed by atoms with E-state index < -0.39 is 11.9 Å². The number of nitrogens with zero attached hydrogens (tertiary/aromatic N) is 1. The van der Waals surface area contributed by atoms with Gasteiger partial charge in [-0.05, 0) is 42.8 Å². The van der Waals surface area contributed by atoms with Crippen molar-refractivity contribution in [1.29, 1.82) is 5.26 Å². The van der Waals surface area contributed by atoms with Gasteiger partial charge in [0.15, 0.2) is 23.0 Å². The number of nitriles is 1. The Hall–Kier alpha value is -5.04. The van der Waals surface area contributed by atoms with Gasteiger partial charge in [-0.25, -0.2) is 4.79 Å². The van der Waals surface area contributed by atoms with Crippen molar-refractivity contribution in [2.24, 2.45) is 5.73 Å². The highest BCUT2D eigenvalue weighted by molar-refractivity contribution is 5.92. The van der Waals surface area contributed by atoms with Crippen LogP contribution in [0, 0.1) is 11.3 Å². The molecule has 0 aliphatic carbocycles. The van der Waals surface area contributed by atoms with Crippen molar-refractivity contribution in [3.05, 3.63) is 76.7 Å². The molecule has 1 aliphatic heterocycles. The topological polar surface area (TPSA) is 131 Å². The highest BCUT2D eigenvalue weighted by atomic mass is 16.5. The van der Waals surface area contributed by atoms with E-state index in [0.717, 1.165) is 5.56 Å². The maximum absolute atomic E-state index is 13.0. The summed E-state index contributed by atoms with van der Waals surface area (Å²) in [5.74, 6) is 1.41. The molecule has 1 atom stereocenters. The third kappa shape index (κ3) is 5.20. The first-order valence-corrected chi connectivity index (χ1v) is 11.9. The number of carbonyl (C=O) groups is 1. The van der Waals surface area contributed by atoms with Gasteiger partial charge in [-0.15, -0.1) is 0 Å². The molecule has 2 N–H and O–H groups in total. The zero-order valence-corrected chi connectivity index (χ0v) is 22.2. The number of hydrogen-bond donors (Lipinski definition) is 1. The summed E-state index contributed by atoms with van der Waals surface area (Å²) in [5, 5.41) is 9.88. The molecular weight excluding hydrogens is 504 g/mol. The van der Waals surface area contributed by atoms with Crippen LogP contribution in [0.15, 0.2) is 60.0 Å². The Kier molecular flexibility index (Phi) is 8.01. The van der Waals surface area contributed by atoms with E-state index in [0.29, 0.717) is 46.7 Å². The lowest BCUT2D eigenvalue weighted by molar-refractivity contribution is 0.0733. The normalized spacial score (nSPS) is 13.9. The average molecular weight is 533 g/mol. The zero-order chi connectivity index (χ0) is 28.1. The number of benzene rings is 3. The number of allylic oxidation sites excluding steroid dienone is 1. The molecule has 3 aromatic carbocycles. The Bertz CT molecular complexity index is 1450. The molecule has 0 saturated heterocycles. The van der Waals surface area contributed by atoms with Crippen LogP contribution in [0.4, 0.5) is 0 Å². The summed E-state index contributed by atoms with van der Waals surface area (Å²) in [7, 11) is 5.93. The minimum atomic E-state index is -0.654. The van der Waals surface area contributed by atoms with E-state index >= 15 is 0 Å². The van der Waals surface area contributed by atoms with Crippen LogP contribution in [0.2, 0.25) is 0 Å². The standard InChI is InChI=1S/C29H28N2O8/c1-6-37-21-10-7-16(11-23(21)33-2)26-19-9-8-18(14-22(19)39-28(31)20(26)15-30)38-29(32)17-12-24(34-3)27(36-5)25(13-17)35-4/h7-14,26H,6,31H2,1-5H3. The fourth-order valence-corrected chi connectivity index (χ4v) is 4.35. The van der Waals surface area contributed by atoms with Gasteiger partial charge < -0.3 is 38.9 Å². The fourth-order valence-electron chi connectivity index (χ4n) is 4.35. The van der Waals surface area contributed by atoms with Crippen molar-refractivity contribution >= 4 is 5.97 Å². The van der Waals surface area contributed by atoms with Gasteiger partial charge in [0.2, 0.25) is 11.6 Å². The first-order valence-electron chi connectivity index (χ1n) is 11.9. The lowest BCUT2D eigenvalue weighted by Gasteiger charge is -2.27. The third-order valence-corrected chi connectivity index (χ3v) is 6.12. The molecule has 1 heterocycles. The van der Waals surface area contributed by atoms with E-state index in [-0.39, 0.29) is 22.8 Å². The molecule has 0 radical (unpaired) electrons. The monoisotopic (exact) mass is 532 g/mol. The van der Waals surface area contributed by atoms with Crippen molar-refractivity contribution in [2.45, 2.75) is 12.8 Å². The summed E-state index contributed by atoms with van der Waals surface area (Å²) in [6, 6.07) is 15.5. The Labute approximate surface area is 226 Å². The van der Waals surface area contributed by atoms with Crippen LogP contribution < -0.4 is 38.9 Å². The van der Waals surface area contributed by atoms with E-state index in [2.05, 4.69) is 6.07 Å². The van der Waals surface area contributed by atoms with Crippen molar-refractivity contribution < 1.29 is 38.0 Å². The lowest BCUT2D eigenvalue weighted by atomic mass is 9.83. The van der Waals surface area contributed by atoms with Crippen LogP contribution in [0.25, 0.3) is 0 Å². The van der Waals surface area contributed by atoms with E-state index in [1.165, 1.54) is 33.5 Å². The predicted molar refractivity (Wildman–Crippen MR) is 141 cm³/mol. The summed E-state index contributed by atoms with van der Waals surface area (Å²) >= 11 is 0. The number of methoxy groups -OCH3 is 4. The minimum Gasteiger partial charge on any atom is -0.493 e. The largest absolute Gasteiger partial charge is 0.493 e. The summed E-state index contributed by atoms with van der Waals surface area (Å²) in [6.45, 7) is 2.36. The van der Waals surface area contributed by atoms with Gasteiger partial charge in [0.1, 0.15) is 23.1 Å². The first-order chi connectivity index (χ1) is 18.9. The molecule has 3 aromatic rings. The van der Waals surface area contributed by atoms with Gasteiger partial charge in [-0.2, -0.15) is 5.26 Å². The Balaban J connectivity index is 1.69. The molecule has 0 amide bonds. The predicted octanol–water partition coefficient (Wildman–Crippen LogP) is 4.56. The first kappa shape index (κ1) is 27.0. The molecule has 0 fully saturated rings. The van der Waals surface area contributed by atoms with Gasteiger partial charge in [0.25, 0.3) is 0 Å². The quantitative estimate of drug-likeness (QED) is 0.309. The number of rotatable bonds is 9. The summed E-state index contributed by atoms with van der Waals surface area (Å²) in [5.41, 5.74) is 8.00. The highest BCUT2D eigenvalue weighted by Crippen LogP contribution is 2.45. The van der Waals surface area contributed by atoms with Gasteiger partial charge in [0, 0.05) is 11.6 Å². The molecule has 4 rings (SSSR count).